The standard InChI is InChI=1S/C16H21N3O3S/c20-15(17-8-4-9-21-11-12-5-3-10-22-12)19-16-18-13-6-1-2-7-14(13)23-16/h1-2,6-7,12H,3-5,8-11H2,(H2,17,18,19,20). The van der Waals surface area contributed by atoms with Crippen LogP contribution in [0.4, 0.5) is 9.93 Å². The average molecular weight is 335 g/mol. The molecule has 0 spiro atoms. The van der Waals surface area contributed by atoms with E-state index < -0.39 is 0 Å². The number of hydrogen-bond donors (Lipinski definition) is 2. The van der Waals surface area contributed by atoms with E-state index in [-0.39, 0.29) is 12.1 Å². The summed E-state index contributed by atoms with van der Waals surface area (Å²) < 4.78 is 12.1. The summed E-state index contributed by atoms with van der Waals surface area (Å²) in [5, 5.41) is 6.18. The van der Waals surface area contributed by atoms with Gasteiger partial charge in [0, 0.05) is 19.8 Å². The molecule has 3 rings (SSSR count). The minimum absolute atomic E-state index is 0.233. The highest BCUT2D eigenvalue weighted by Gasteiger charge is 2.14. The molecule has 124 valence electrons. The number of nitrogens with zero attached hydrogens (tertiary/aromatic N) is 1. The molecule has 1 aromatic carbocycles. The molecule has 1 atom stereocenters. The number of rotatable bonds is 7. The number of hydrogen-bond acceptors (Lipinski definition) is 5. The Hall–Kier alpha value is -1.70. The maximum atomic E-state index is 11.8. The van der Waals surface area contributed by atoms with Crippen LogP contribution in [-0.2, 0) is 9.47 Å². The van der Waals surface area contributed by atoms with Crippen molar-refractivity contribution in [3.63, 3.8) is 0 Å². The van der Waals surface area contributed by atoms with Crippen molar-refractivity contribution in [3.8, 4) is 0 Å². The van der Waals surface area contributed by atoms with Gasteiger partial charge in [-0.1, -0.05) is 23.5 Å². The monoisotopic (exact) mass is 335 g/mol. The summed E-state index contributed by atoms with van der Waals surface area (Å²) in [5.41, 5.74) is 0.898. The molecular formula is C16H21N3O3S. The minimum Gasteiger partial charge on any atom is -0.379 e. The predicted octanol–water partition coefficient (Wildman–Crippen LogP) is 3.00. The van der Waals surface area contributed by atoms with Gasteiger partial charge in [-0.15, -0.1) is 0 Å². The lowest BCUT2D eigenvalue weighted by Crippen LogP contribution is -2.30. The first-order chi connectivity index (χ1) is 11.3. The number of para-hydroxylation sites is 1. The Bertz CT molecular complexity index is 607. The van der Waals surface area contributed by atoms with Crippen LogP contribution in [0.1, 0.15) is 19.3 Å². The van der Waals surface area contributed by atoms with E-state index in [0.29, 0.717) is 24.9 Å². The number of carbonyl (C=O) groups excluding carboxylic acids is 1. The van der Waals surface area contributed by atoms with Gasteiger partial charge in [-0.25, -0.2) is 9.78 Å². The van der Waals surface area contributed by atoms with Gasteiger partial charge in [-0.3, -0.25) is 5.32 Å². The van der Waals surface area contributed by atoms with Gasteiger partial charge >= 0.3 is 6.03 Å². The lowest BCUT2D eigenvalue weighted by molar-refractivity contribution is 0.0168. The van der Waals surface area contributed by atoms with Gasteiger partial charge in [0.1, 0.15) is 0 Å². The zero-order valence-electron chi connectivity index (χ0n) is 12.9. The largest absolute Gasteiger partial charge is 0.379 e. The fourth-order valence-corrected chi connectivity index (χ4v) is 3.29. The van der Waals surface area contributed by atoms with Crippen molar-refractivity contribution in [1.82, 2.24) is 10.3 Å². The Morgan fingerprint density at radius 1 is 1.43 bits per heavy atom. The number of aromatic nitrogens is 1. The van der Waals surface area contributed by atoms with Crippen LogP contribution in [0.2, 0.25) is 0 Å². The van der Waals surface area contributed by atoms with Crippen molar-refractivity contribution in [2.75, 3.05) is 31.7 Å². The molecule has 23 heavy (non-hydrogen) atoms. The fraction of sp³-hybridized carbons (Fsp3) is 0.500. The summed E-state index contributed by atoms with van der Waals surface area (Å²) >= 11 is 1.47. The Morgan fingerprint density at radius 3 is 3.17 bits per heavy atom. The summed E-state index contributed by atoms with van der Waals surface area (Å²) in [6, 6.07) is 7.58. The van der Waals surface area contributed by atoms with E-state index in [1.165, 1.54) is 11.3 Å². The van der Waals surface area contributed by atoms with Gasteiger partial charge in [0.05, 0.1) is 22.9 Å². The Kier molecular flexibility index (Phi) is 5.79. The first-order valence-electron chi connectivity index (χ1n) is 7.91. The van der Waals surface area contributed by atoms with Gasteiger partial charge in [0.25, 0.3) is 0 Å². The molecular weight excluding hydrogens is 314 g/mol. The third-order valence-corrected chi connectivity index (χ3v) is 4.54. The topological polar surface area (TPSA) is 72.5 Å². The van der Waals surface area contributed by atoms with E-state index in [0.717, 1.165) is 36.1 Å². The molecule has 0 bridgehead atoms. The molecule has 2 amide bonds. The molecule has 1 fully saturated rings. The van der Waals surface area contributed by atoms with Crippen molar-refractivity contribution in [1.29, 1.82) is 0 Å². The summed E-state index contributed by atoms with van der Waals surface area (Å²) in [6.45, 7) is 2.70. The molecule has 0 saturated carbocycles. The van der Waals surface area contributed by atoms with Crippen LogP contribution in [0.25, 0.3) is 10.2 Å². The molecule has 1 aromatic heterocycles. The molecule has 7 heteroatoms. The van der Waals surface area contributed by atoms with Crippen molar-refractivity contribution in [3.05, 3.63) is 24.3 Å². The Labute approximate surface area is 139 Å². The number of urea groups is 1. The molecule has 1 saturated heterocycles. The first kappa shape index (κ1) is 16.2. The van der Waals surface area contributed by atoms with E-state index in [4.69, 9.17) is 9.47 Å². The number of ether oxygens (including phenoxy) is 2. The van der Waals surface area contributed by atoms with Gasteiger partial charge in [-0.2, -0.15) is 0 Å². The zero-order valence-corrected chi connectivity index (χ0v) is 13.7. The highest BCUT2D eigenvalue weighted by Crippen LogP contribution is 2.25. The van der Waals surface area contributed by atoms with E-state index in [9.17, 15) is 4.79 Å². The number of carbonyl (C=O) groups is 1. The van der Waals surface area contributed by atoms with Crippen LogP contribution in [-0.4, -0.2) is 43.5 Å². The van der Waals surface area contributed by atoms with Crippen molar-refractivity contribution in [2.24, 2.45) is 0 Å². The van der Waals surface area contributed by atoms with E-state index in [1.807, 2.05) is 24.3 Å². The van der Waals surface area contributed by atoms with Crippen LogP contribution >= 0.6 is 11.3 Å². The van der Waals surface area contributed by atoms with Crippen LogP contribution in [0.5, 0.6) is 0 Å². The zero-order chi connectivity index (χ0) is 15.9. The molecule has 2 heterocycles. The molecule has 0 aliphatic carbocycles. The highest BCUT2D eigenvalue weighted by atomic mass is 32.1. The lowest BCUT2D eigenvalue weighted by atomic mass is 10.2. The number of anilines is 1. The summed E-state index contributed by atoms with van der Waals surface area (Å²) in [4.78, 5) is 16.2. The third-order valence-electron chi connectivity index (χ3n) is 3.59. The Morgan fingerprint density at radius 2 is 2.35 bits per heavy atom. The normalized spacial score (nSPS) is 17.5. The predicted molar refractivity (Wildman–Crippen MR) is 91.1 cm³/mol. The summed E-state index contributed by atoms with van der Waals surface area (Å²) in [5.74, 6) is 0. The smallest absolute Gasteiger partial charge is 0.321 e. The van der Waals surface area contributed by atoms with E-state index >= 15 is 0 Å². The highest BCUT2D eigenvalue weighted by molar-refractivity contribution is 7.22. The number of thiazole rings is 1. The van der Waals surface area contributed by atoms with E-state index in [1.54, 1.807) is 0 Å². The van der Waals surface area contributed by atoms with Crippen molar-refractivity contribution < 1.29 is 14.3 Å². The molecule has 1 aliphatic rings. The second-order valence-corrected chi connectivity index (χ2v) is 6.46. The second-order valence-electron chi connectivity index (χ2n) is 5.43. The van der Waals surface area contributed by atoms with Crippen molar-refractivity contribution in [2.45, 2.75) is 25.4 Å². The number of benzene rings is 1. The molecule has 2 N–H and O–H groups in total. The molecule has 0 radical (unpaired) electrons. The molecule has 1 unspecified atom stereocenters. The van der Waals surface area contributed by atoms with Gasteiger partial charge in [0.2, 0.25) is 0 Å². The molecule has 2 aromatic rings. The summed E-state index contributed by atoms with van der Waals surface area (Å²) in [6.07, 6.45) is 3.25. The molecule has 1 aliphatic heterocycles. The minimum atomic E-state index is -0.233. The number of fused-ring (bicyclic) bond motifs is 1. The van der Waals surface area contributed by atoms with Gasteiger partial charge in [0.15, 0.2) is 5.13 Å². The second kappa shape index (κ2) is 8.24. The first-order valence-corrected chi connectivity index (χ1v) is 8.73. The van der Waals surface area contributed by atoms with Gasteiger partial charge < -0.3 is 14.8 Å². The van der Waals surface area contributed by atoms with Gasteiger partial charge in [-0.05, 0) is 31.4 Å². The van der Waals surface area contributed by atoms with Crippen LogP contribution in [0, 0.1) is 0 Å². The number of nitrogens with one attached hydrogen (secondary N) is 2. The van der Waals surface area contributed by atoms with Crippen molar-refractivity contribution >= 4 is 32.7 Å². The van der Waals surface area contributed by atoms with Crippen LogP contribution in [0.3, 0.4) is 0 Å². The van der Waals surface area contributed by atoms with E-state index in [2.05, 4.69) is 15.6 Å². The maximum absolute atomic E-state index is 11.8. The summed E-state index contributed by atoms with van der Waals surface area (Å²) in [7, 11) is 0. The maximum Gasteiger partial charge on any atom is 0.321 e. The SMILES string of the molecule is O=C(NCCCOCC1CCCO1)Nc1nc2ccccc2s1. The third kappa shape index (κ3) is 4.89. The van der Waals surface area contributed by atoms with Crippen LogP contribution in [0.15, 0.2) is 24.3 Å². The number of amides is 2. The Balaban J connectivity index is 1.30. The fourth-order valence-electron chi connectivity index (χ4n) is 2.43. The lowest BCUT2D eigenvalue weighted by Gasteiger charge is -2.10. The van der Waals surface area contributed by atoms with Crippen LogP contribution < -0.4 is 10.6 Å². The quantitative estimate of drug-likeness (QED) is 0.763. The average Bonchev–Trinajstić information content (AvgIpc) is 3.19. The molecule has 6 nitrogen and oxygen atoms in total.